The van der Waals surface area contributed by atoms with Crippen LogP contribution in [0.2, 0.25) is 0 Å². The number of thioether (sulfide) groups is 1. The van der Waals surface area contributed by atoms with E-state index in [0.717, 1.165) is 29.0 Å². The third-order valence-electron chi connectivity index (χ3n) is 1.80. The Hall–Kier alpha value is 0.0400. The maximum absolute atomic E-state index is 5.18. The second kappa shape index (κ2) is 3.19. The molecular formula is C7H8BrNOS. The molecule has 2 heterocycles. The fourth-order valence-corrected chi connectivity index (χ4v) is 2.63. The lowest BCUT2D eigenvalue weighted by Gasteiger charge is -2.07. The van der Waals surface area contributed by atoms with Gasteiger partial charge in [-0.3, -0.25) is 0 Å². The average Bonchev–Trinajstić information content (AvgIpc) is 2.47. The Morgan fingerprint density at radius 1 is 1.64 bits per heavy atom. The van der Waals surface area contributed by atoms with Gasteiger partial charge in [-0.1, -0.05) is 21.1 Å². The fourth-order valence-electron chi connectivity index (χ4n) is 1.19. The third-order valence-corrected chi connectivity index (χ3v) is 3.31. The molecule has 11 heavy (non-hydrogen) atoms. The summed E-state index contributed by atoms with van der Waals surface area (Å²) in [5, 5.41) is 4.79. The quantitative estimate of drug-likeness (QED) is 0.697. The number of rotatable bonds is 1. The van der Waals surface area contributed by atoms with Gasteiger partial charge in [0.2, 0.25) is 0 Å². The summed E-state index contributed by atoms with van der Waals surface area (Å²) in [6, 6.07) is 0. The topological polar surface area (TPSA) is 26.0 Å². The molecule has 0 bridgehead atoms. The van der Waals surface area contributed by atoms with Crippen molar-refractivity contribution in [3.63, 3.8) is 0 Å². The third kappa shape index (κ3) is 1.34. The molecule has 0 radical (unpaired) electrons. The van der Waals surface area contributed by atoms with Crippen molar-refractivity contribution >= 4 is 27.7 Å². The van der Waals surface area contributed by atoms with Gasteiger partial charge >= 0.3 is 0 Å². The van der Waals surface area contributed by atoms with Crippen LogP contribution in [0.1, 0.15) is 17.0 Å². The highest BCUT2D eigenvalue weighted by molar-refractivity contribution is 9.08. The first-order valence-electron chi connectivity index (χ1n) is 3.52. The molecule has 1 aromatic heterocycles. The molecule has 0 atom stereocenters. The number of hydrogen-bond acceptors (Lipinski definition) is 3. The Morgan fingerprint density at radius 3 is 3.36 bits per heavy atom. The van der Waals surface area contributed by atoms with E-state index in [1.54, 1.807) is 0 Å². The first-order valence-corrected chi connectivity index (χ1v) is 5.79. The number of hydrogen-bond donors (Lipinski definition) is 0. The van der Waals surface area contributed by atoms with Crippen LogP contribution in [0.5, 0.6) is 0 Å². The molecule has 0 amide bonds. The molecule has 0 aliphatic carbocycles. The number of fused-ring (bicyclic) bond motifs is 1. The van der Waals surface area contributed by atoms with Crippen molar-refractivity contribution < 1.29 is 4.52 Å². The van der Waals surface area contributed by atoms with Gasteiger partial charge in [-0.15, -0.1) is 0 Å². The zero-order valence-corrected chi connectivity index (χ0v) is 8.37. The van der Waals surface area contributed by atoms with Gasteiger partial charge in [0, 0.05) is 28.8 Å². The molecular weight excluding hydrogens is 226 g/mol. The highest BCUT2D eigenvalue weighted by Gasteiger charge is 2.18. The Balaban J connectivity index is 2.38. The molecule has 0 aromatic carbocycles. The minimum atomic E-state index is 0.812. The molecule has 1 aliphatic heterocycles. The molecule has 2 nitrogen and oxygen atoms in total. The van der Waals surface area contributed by atoms with Crippen molar-refractivity contribution in [2.75, 3.05) is 5.75 Å². The number of nitrogens with zero attached hydrogens (tertiary/aromatic N) is 1. The zero-order chi connectivity index (χ0) is 7.68. The first kappa shape index (κ1) is 7.68. The lowest BCUT2D eigenvalue weighted by molar-refractivity contribution is 0.382. The average molecular weight is 234 g/mol. The van der Waals surface area contributed by atoms with Gasteiger partial charge in [-0.05, 0) is 0 Å². The SMILES string of the molecule is BrCc1noc2c1CSCC2. The summed E-state index contributed by atoms with van der Waals surface area (Å²) in [6.07, 6.45) is 1.04. The predicted molar refractivity (Wildman–Crippen MR) is 49.0 cm³/mol. The maximum Gasteiger partial charge on any atom is 0.141 e. The minimum Gasteiger partial charge on any atom is -0.361 e. The van der Waals surface area contributed by atoms with Gasteiger partial charge in [0.1, 0.15) is 5.76 Å². The number of halogens is 1. The predicted octanol–water partition coefficient (Wildman–Crippen LogP) is 2.36. The zero-order valence-electron chi connectivity index (χ0n) is 5.97. The van der Waals surface area contributed by atoms with Crippen LogP contribution in [0.3, 0.4) is 0 Å². The van der Waals surface area contributed by atoms with E-state index in [1.807, 2.05) is 11.8 Å². The first-order chi connectivity index (χ1) is 5.42. The van der Waals surface area contributed by atoms with Crippen LogP contribution in [-0.2, 0) is 17.5 Å². The number of alkyl halides is 1. The molecule has 2 rings (SSSR count). The van der Waals surface area contributed by atoms with Gasteiger partial charge in [0.15, 0.2) is 0 Å². The Labute approximate surface area is 77.8 Å². The van der Waals surface area contributed by atoms with Crippen molar-refractivity contribution in [2.45, 2.75) is 17.5 Å². The highest BCUT2D eigenvalue weighted by atomic mass is 79.9. The van der Waals surface area contributed by atoms with Crippen LogP contribution in [0.25, 0.3) is 0 Å². The van der Waals surface area contributed by atoms with Gasteiger partial charge in [0.25, 0.3) is 0 Å². The molecule has 0 fully saturated rings. The minimum absolute atomic E-state index is 0.812. The summed E-state index contributed by atoms with van der Waals surface area (Å²) in [5.74, 6) is 3.34. The van der Waals surface area contributed by atoms with Crippen molar-refractivity contribution in [1.29, 1.82) is 0 Å². The van der Waals surface area contributed by atoms with E-state index in [4.69, 9.17) is 4.52 Å². The molecule has 0 saturated carbocycles. The largest absolute Gasteiger partial charge is 0.361 e. The van der Waals surface area contributed by atoms with Crippen LogP contribution in [0.4, 0.5) is 0 Å². The van der Waals surface area contributed by atoms with Gasteiger partial charge in [0.05, 0.1) is 5.69 Å². The van der Waals surface area contributed by atoms with Crippen molar-refractivity contribution in [1.82, 2.24) is 5.16 Å². The van der Waals surface area contributed by atoms with E-state index >= 15 is 0 Å². The lowest BCUT2D eigenvalue weighted by atomic mass is 10.2. The van der Waals surface area contributed by atoms with Crippen LogP contribution in [0.15, 0.2) is 4.52 Å². The molecule has 0 unspecified atom stereocenters. The molecule has 0 spiro atoms. The fraction of sp³-hybridized carbons (Fsp3) is 0.571. The molecule has 1 aliphatic rings. The van der Waals surface area contributed by atoms with Crippen molar-refractivity contribution in [3.8, 4) is 0 Å². The van der Waals surface area contributed by atoms with E-state index in [-0.39, 0.29) is 0 Å². The maximum atomic E-state index is 5.18. The lowest BCUT2D eigenvalue weighted by Crippen LogP contribution is -2.00. The summed E-state index contributed by atoms with van der Waals surface area (Å²) >= 11 is 5.33. The van der Waals surface area contributed by atoms with Crippen LogP contribution in [0, 0.1) is 0 Å². The van der Waals surface area contributed by atoms with E-state index in [9.17, 15) is 0 Å². The summed E-state index contributed by atoms with van der Waals surface area (Å²) < 4.78 is 5.18. The highest BCUT2D eigenvalue weighted by Crippen LogP contribution is 2.27. The van der Waals surface area contributed by atoms with E-state index < -0.39 is 0 Å². The standard InChI is InChI=1S/C7H8BrNOS/c8-3-6-5-4-11-2-1-7(5)10-9-6/h1-4H2. The van der Waals surface area contributed by atoms with E-state index in [2.05, 4.69) is 21.1 Å². The summed E-state index contributed by atoms with van der Waals surface area (Å²) in [6.45, 7) is 0. The van der Waals surface area contributed by atoms with Gasteiger partial charge in [-0.2, -0.15) is 11.8 Å². The van der Waals surface area contributed by atoms with Crippen molar-refractivity contribution in [2.24, 2.45) is 0 Å². The van der Waals surface area contributed by atoms with Crippen LogP contribution < -0.4 is 0 Å². The summed E-state index contributed by atoms with van der Waals surface area (Å²) in [5.41, 5.74) is 2.39. The summed E-state index contributed by atoms with van der Waals surface area (Å²) in [7, 11) is 0. The number of aromatic nitrogens is 1. The van der Waals surface area contributed by atoms with E-state index in [1.165, 1.54) is 11.3 Å². The molecule has 0 N–H and O–H groups in total. The smallest absolute Gasteiger partial charge is 0.141 e. The van der Waals surface area contributed by atoms with Crippen molar-refractivity contribution in [3.05, 3.63) is 17.0 Å². The molecule has 1 aromatic rings. The molecule has 60 valence electrons. The Bertz CT molecular complexity index is 247. The summed E-state index contributed by atoms with van der Waals surface area (Å²) in [4.78, 5) is 0. The van der Waals surface area contributed by atoms with Crippen LogP contribution >= 0.6 is 27.7 Å². The Morgan fingerprint density at radius 2 is 2.55 bits per heavy atom. The van der Waals surface area contributed by atoms with E-state index in [0.29, 0.717) is 0 Å². The Kier molecular flexibility index (Phi) is 2.23. The molecule has 4 heteroatoms. The van der Waals surface area contributed by atoms with Gasteiger partial charge < -0.3 is 4.52 Å². The van der Waals surface area contributed by atoms with Gasteiger partial charge in [-0.25, -0.2) is 0 Å². The second-order valence-corrected chi connectivity index (χ2v) is 4.13. The molecule has 0 saturated heterocycles. The monoisotopic (exact) mass is 233 g/mol. The number of aryl methyl sites for hydroxylation is 1. The second-order valence-electron chi connectivity index (χ2n) is 2.47. The van der Waals surface area contributed by atoms with Crippen LogP contribution in [-0.4, -0.2) is 10.9 Å². The normalized spacial score (nSPS) is 16.5.